The summed E-state index contributed by atoms with van der Waals surface area (Å²) in [5.41, 5.74) is 1.71. The Kier molecular flexibility index (Phi) is 4.14. The van der Waals surface area contributed by atoms with Crippen LogP contribution in [0.15, 0.2) is 28.7 Å². The van der Waals surface area contributed by atoms with Gasteiger partial charge in [-0.15, -0.1) is 0 Å². The number of hydrogen-bond donors (Lipinski definition) is 1. The summed E-state index contributed by atoms with van der Waals surface area (Å²) < 4.78 is 5.85. The number of anilines is 1. The number of piperidine rings is 1. The van der Waals surface area contributed by atoms with E-state index in [2.05, 4.69) is 27.0 Å². The topological polar surface area (TPSA) is 61.6 Å². The van der Waals surface area contributed by atoms with Crippen molar-refractivity contribution in [3.63, 3.8) is 0 Å². The van der Waals surface area contributed by atoms with Crippen molar-refractivity contribution < 1.29 is 9.21 Å². The molecular weight excluding hydrogens is 304 g/mol. The molecule has 0 aliphatic carbocycles. The number of carbonyl (C=O) groups is 1. The number of aromatic nitrogens is 1. The van der Waals surface area contributed by atoms with Crippen LogP contribution < -0.4 is 10.2 Å². The van der Waals surface area contributed by atoms with Crippen molar-refractivity contribution in [3.8, 4) is 0 Å². The fourth-order valence-corrected chi connectivity index (χ4v) is 3.72. The molecule has 6 heteroatoms. The quantitative estimate of drug-likeness (QED) is 0.912. The zero-order valence-corrected chi connectivity index (χ0v) is 14.1. The van der Waals surface area contributed by atoms with Crippen LogP contribution in [0.5, 0.6) is 0 Å². The van der Waals surface area contributed by atoms with Crippen molar-refractivity contribution in [1.82, 2.24) is 15.2 Å². The Hall–Kier alpha value is -2.08. The van der Waals surface area contributed by atoms with Crippen molar-refractivity contribution in [2.75, 3.05) is 37.6 Å². The van der Waals surface area contributed by atoms with Crippen molar-refractivity contribution in [3.05, 3.63) is 24.3 Å². The van der Waals surface area contributed by atoms with Gasteiger partial charge in [0.15, 0.2) is 5.58 Å². The molecule has 2 fully saturated rings. The van der Waals surface area contributed by atoms with Crippen LogP contribution in [0.1, 0.15) is 19.8 Å². The number of carbonyl (C=O) groups excluding carboxylic acids is 1. The maximum Gasteiger partial charge on any atom is 0.298 e. The maximum absolute atomic E-state index is 12.8. The summed E-state index contributed by atoms with van der Waals surface area (Å²) in [5, 5.41) is 3.34. The number of fused-ring (bicyclic) bond motifs is 1. The van der Waals surface area contributed by atoms with Gasteiger partial charge in [-0.25, -0.2) is 0 Å². The van der Waals surface area contributed by atoms with Gasteiger partial charge in [0.05, 0.1) is 0 Å². The minimum absolute atomic E-state index is 0.131. The lowest BCUT2D eigenvalue weighted by Gasteiger charge is -2.38. The third kappa shape index (κ3) is 2.86. The molecule has 0 bridgehead atoms. The zero-order chi connectivity index (χ0) is 16.5. The standard InChI is InChI=1S/C18H24N4O2/c1-13-12-19-8-11-22(13)17(23)14-6-9-21(10-7-14)18-20-15-4-2-3-5-16(15)24-18/h2-5,13-14,19H,6-12H2,1H3/t13-/m0/s1. The molecule has 3 heterocycles. The number of nitrogens with zero attached hydrogens (tertiary/aromatic N) is 3. The molecule has 128 valence electrons. The van der Waals surface area contributed by atoms with Crippen molar-refractivity contribution in [1.29, 1.82) is 0 Å². The smallest absolute Gasteiger partial charge is 0.298 e. The maximum atomic E-state index is 12.8. The molecule has 4 rings (SSSR count). The second-order valence-electron chi connectivity index (χ2n) is 6.81. The monoisotopic (exact) mass is 328 g/mol. The molecule has 0 saturated carbocycles. The fraction of sp³-hybridized carbons (Fsp3) is 0.556. The highest BCUT2D eigenvalue weighted by atomic mass is 16.4. The Morgan fingerprint density at radius 2 is 2.04 bits per heavy atom. The molecule has 6 nitrogen and oxygen atoms in total. The Balaban J connectivity index is 1.40. The van der Waals surface area contributed by atoms with E-state index >= 15 is 0 Å². The van der Waals surface area contributed by atoms with Crippen LogP contribution in [0, 0.1) is 5.92 Å². The molecule has 0 unspecified atom stereocenters. The highest BCUT2D eigenvalue weighted by Crippen LogP contribution is 2.27. The van der Waals surface area contributed by atoms with E-state index in [1.165, 1.54) is 0 Å². The van der Waals surface area contributed by atoms with Crippen LogP contribution >= 0.6 is 0 Å². The summed E-state index contributed by atoms with van der Waals surface area (Å²) in [6.07, 6.45) is 1.74. The summed E-state index contributed by atoms with van der Waals surface area (Å²) in [7, 11) is 0. The number of hydrogen-bond acceptors (Lipinski definition) is 5. The molecule has 1 aromatic carbocycles. The lowest BCUT2D eigenvalue weighted by Crippen LogP contribution is -2.54. The normalized spacial score (nSPS) is 23.0. The van der Waals surface area contributed by atoms with Gasteiger partial charge in [-0.3, -0.25) is 4.79 Å². The molecular formula is C18H24N4O2. The van der Waals surface area contributed by atoms with Gasteiger partial charge < -0.3 is 19.5 Å². The van der Waals surface area contributed by atoms with E-state index in [9.17, 15) is 4.79 Å². The van der Waals surface area contributed by atoms with Crippen molar-refractivity contribution >= 4 is 23.0 Å². The molecule has 1 amide bonds. The molecule has 2 saturated heterocycles. The number of nitrogens with one attached hydrogen (secondary N) is 1. The first-order valence-corrected chi connectivity index (χ1v) is 8.84. The van der Waals surface area contributed by atoms with Gasteiger partial charge in [0.1, 0.15) is 5.52 Å². The number of benzene rings is 1. The molecule has 2 aromatic rings. The Labute approximate surface area is 141 Å². The molecule has 2 aliphatic rings. The molecule has 1 aromatic heterocycles. The highest BCUT2D eigenvalue weighted by Gasteiger charge is 2.32. The van der Waals surface area contributed by atoms with E-state index in [0.717, 1.165) is 56.7 Å². The number of amides is 1. The molecule has 0 radical (unpaired) electrons. The van der Waals surface area contributed by atoms with Gasteiger partial charge in [-0.2, -0.15) is 4.98 Å². The second-order valence-corrected chi connectivity index (χ2v) is 6.81. The molecule has 1 atom stereocenters. The summed E-state index contributed by atoms with van der Waals surface area (Å²) in [6.45, 7) is 6.39. The Morgan fingerprint density at radius 3 is 2.79 bits per heavy atom. The molecule has 0 spiro atoms. The van der Waals surface area contributed by atoms with Gasteiger partial charge in [0.25, 0.3) is 6.01 Å². The largest absolute Gasteiger partial charge is 0.423 e. The number of piperazine rings is 1. The van der Waals surface area contributed by atoms with Crippen molar-refractivity contribution in [2.45, 2.75) is 25.8 Å². The lowest BCUT2D eigenvalue weighted by atomic mass is 9.94. The fourth-order valence-electron chi connectivity index (χ4n) is 3.72. The zero-order valence-electron chi connectivity index (χ0n) is 14.1. The number of para-hydroxylation sites is 2. The van der Waals surface area contributed by atoms with Crippen LogP contribution in [0.25, 0.3) is 11.1 Å². The summed E-state index contributed by atoms with van der Waals surface area (Å²) in [6, 6.07) is 8.79. The minimum atomic E-state index is 0.131. The molecule has 2 aliphatic heterocycles. The predicted molar refractivity (Wildman–Crippen MR) is 93.0 cm³/mol. The van der Waals surface area contributed by atoms with Crippen LogP contribution in [0.2, 0.25) is 0 Å². The number of rotatable bonds is 2. The third-order valence-corrected chi connectivity index (χ3v) is 5.18. The summed E-state index contributed by atoms with van der Waals surface area (Å²) >= 11 is 0. The summed E-state index contributed by atoms with van der Waals surface area (Å²) in [4.78, 5) is 21.6. The van der Waals surface area contributed by atoms with Crippen LogP contribution in [-0.4, -0.2) is 54.6 Å². The minimum Gasteiger partial charge on any atom is -0.423 e. The SMILES string of the molecule is C[C@H]1CNCCN1C(=O)C1CCN(c2nc3ccccc3o2)CC1. The van der Waals surface area contributed by atoms with E-state index < -0.39 is 0 Å². The average Bonchev–Trinajstić information content (AvgIpc) is 3.06. The van der Waals surface area contributed by atoms with Gasteiger partial charge >= 0.3 is 0 Å². The van der Waals surface area contributed by atoms with Gasteiger partial charge in [-0.05, 0) is 31.9 Å². The van der Waals surface area contributed by atoms with Crippen LogP contribution in [-0.2, 0) is 4.79 Å². The Bertz CT molecular complexity index is 688. The first-order valence-electron chi connectivity index (χ1n) is 8.84. The summed E-state index contributed by atoms with van der Waals surface area (Å²) in [5.74, 6) is 0.451. The number of oxazole rings is 1. The predicted octanol–water partition coefficient (Wildman–Crippen LogP) is 1.86. The Morgan fingerprint density at radius 1 is 1.25 bits per heavy atom. The lowest BCUT2D eigenvalue weighted by molar-refractivity contribution is -0.139. The van der Waals surface area contributed by atoms with E-state index in [1.54, 1.807) is 0 Å². The van der Waals surface area contributed by atoms with E-state index in [4.69, 9.17) is 4.42 Å². The highest BCUT2D eigenvalue weighted by molar-refractivity contribution is 5.80. The average molecular weight is 328 g/mol. The molecule has 24 heavy (non-hydrogen) atoms. The van der Waals surface area contributed by atoms with Gasteiger partial charge in [0.2, 0.25) is 5.91 Å². The van der Waals surface area contributed by atoms with Gasteiger partial charge in [0, 0.05) is 44.7 Å². The van der Waals surface area contributed by atoms with E-state index in [-0.39, 0.29) is 5.92 Å². The third-order valence-electron chi connectivity index (χ3n) is 5.18. The second kappa shape index (κ2) is 6.43. The first-order chi connectivity index (χ1) is 11.7. The van der Waals surface area contributed by atoms with E-state index in [1.807, 2.05) is 24.3 Å². The van der Waals surface area contributed by atoms with Crippen molar-refractivity contribution in [2.24, 2.45) is 5.92 Å². The van der Waals surface area contributed by atoms with Gasteiger partial charge in [-0.1, -0.05) is 12.1 Å². The first kappa shape index (κ1) is 15.4. The van der Waals surface area contributed by atoms with E-state index in [0.29, 0.717) is 18.0 Å². The van der Waals surface area contributed by atoms with Crippen LogP contribution in [0.3, 0.4) is 0 Å². The van der Waals surface area contributed by atoms with Crippen LogP contribution in [0.4, 0.5) is 6.01 Å². The molecule has 1 N–H and O–H groups in total.